The molecule has 0 saturated carbocycles. The fourth-order valence-corrected chi connectivity index (χ4v) is 3.91. The fourth-order valence-electron chi connectivity index (χ4n) is 3.75. The maximum absolute atomic E-state index is 12.9. The summed E-state index contributed by atoms with van der Waals surface area (Å²) in [5, 5.41) is 13.1. The zero-order chi connectivity index (χ0) is 21.1. The monoisotopic (exact) mass is 426 g/mol. The molecule has 1 aliphatic rings. The van der Waals surface area contributed by atoms with Crippen LogP contribution < -0.4 is 10.9 Å². The van der Waals surface area contributed by atoms with Crippen molar-refractivity contribution in [1.29, 1.82) is 0 Å². The minimum atomic E-state index is -0.202. The van der Waals surface area contributed by atoms with Gasteiger partial charge in [0.05, 0.1) is 17.3 Å². The van der Waals surface area contributed by atoms with Gasteiger partial charge in [-0.1, -0.05) is 17.7 Å². The summed E-state index contributed by atoms with van der Waals surface area (Å²) in [6.45, 7) is 1.75. The predicted octanol–water partition coefficient (Wildman–Crippen LogP) is 2.80. The first-order valence-corrected chi connectivity index (χ1v) is 10.3. The minimum Gasteiger partial charge on any atom is -0.396 e. The highest BCUT2D eigenvalue weighted by molar-refractivity contribution is 6.30. The summed E-state index contributed by atoms with van der Waals surface area (Å²) in [7, 11) is 0. The van der Waals surface area contributed by atoms with Gasteiger partial charge in [-0.05, 0) is 49.1 Å². The van der Waals surface area contributed by atoms with E-state index in [1.165, 1.54) is 10.5 Å². The number of carbonyl (C=O) groups is 1. The van der Waals surface area contributed by atoms with Crippen LogP contribution in [0.3, 0.4) is 0 Å². The zero-order valence-corrected chi connectivity index (χ0v) is 17.2. The molecule has 156 valence electrons. The molecule has 4 rings (SSSR count). The van der Waals surface area contributed by atoms with Crippen LogP contribution in [0.4, 0.5) is 5.69 Å². The summed E-state index contributed by atoms with van der Waals surface area (Å²) in [4.78, 5) is 31.4. The summed E-state index contributed by atoms with van der Waals surface area (Å²) >= 11 is 5.94. The van der Waals surface area contributed by atoms with Crippen LogP contribution in [0.25, 0.3) is 5.65 Å². The molecule has 2 N–H and O–H groups in total. The van der Waals surface area contributed by atoms with E-state index in [0.29, 0.717) is 41.6 Å². The number of benzene rings is 1. The first-order chi connectivity index (χ1) is 14.5. The Kier molecular flexibility index (Phi) is 6.01. The molecule has 1 aliphatic heterocycles. The van der Waals surface area contributed by atoms with E-state index in [4.69, 9.17) is 11.6 Å². The Morgan fingerprint density at radius 2 is 2.13 bits per heavy atom. The van der Waals surface area contributed by atoms with Crippen LogP contribution in [0.5, 0.6) is 0 Å². The van der Waals surface area contributed by atoms with Gasteiger partial charge in [-0.15, -0.1) is 0 Å². The minimum absolute atomic E-state index is 0.0317. The lowest BCUT2D eigenvalue weighted by atomic mass is 9.98. The molecular formula is C22H23ClN4O3. The van der Waals surface area contributed by atoms with Crippen molar-refractivity contribution >= 4 is 28.8 Å². The molecule has 0 bridgehead atoms. The number of fused-ring (bicyclic) bond motifs is 1. The van der Waals surface area contributed by atoms with E-state index in [9.17, 15) is 14.7 Å². The van der Waals surface area contributed by atoms with Crippen molar-refractivity contribution in [2.45, 2.75) is 19.4 Å². The van der Waals surface area contributed by atoms with Crippen molar-refractivity contribution in [3.63, 3.8) is 0 Å². The molecule has 1 fully saturated rings. The number of hydrogen-bond donors (Lipinski definition) is 2. The van der Waals surface area contributed by atoms with Crippen LogP contribution in [0.1, 0.15) is 28.9 Å². The summed E-state index contributed by atoms with van der Waals surface area (Å²) in [5.74, 6) is 0.118. The number of nitrogens with zero attached hydrogens (tertiary/aromatic N) is 3. The van der Waals surface area contributed by atoms with E-state index < -0.39 is 0 Å². The topological polar surface area (TPSA) is 86.9 Å². The molecular weight excluding hydrogens is 404 g/mol. The number of hydrogen-bond acceptors (Lipinski definition) is 5. The number of likely N-dealkylation sites (tertiary alicyclic amines) is 1. The molecule has 0 radical (unpaired) electrons. The second-order valence-electron chi connectivity index (χ2n) is 7.54. The fraction of sp³-hybridized carbons (Fsp3) is 0.318. The molecule has 3 heterocycles. The van der Waals surface area contributed by atoms with Gasteiger partial charge >= 0.3 is 0 Å². The maximum Gasteiger partial charge on any atom is 0.258 e. The maximum atomic E-state index is 12.9. The van der Waals surface area contributed by atoms with Gasteiger partial charge in [0, 0.05) is 43.2 Å². The van der Waals surface area contributed by atoms with E-state index in [-0.39, 0.29) is 24.0 Å². The lowest BCUT2D eigenvalue weighted by molar-refractivity contribution is 0.0621. The average molecular weight is 427 g/mol. The Bertz CT molecular complexity index is 1130. The standard InChI is InChI=1S/C22H23ClN4O3/c23-17-6-7-20-25-19(10-21(29)27(20)13-17)11-24-18-5-1-4-16(9-18)22(30)26-8-2-3-15(12-26)14-28/h1,4-7,9-10,13,15,24,28H,2-3,8,11-12,14H2. The van der Waals surface area contributed by atoms with E-state index in [0.717, 1.165) is 18.5 Å². The number of carbonyl (C=O) groups excluding carboxylic acids is 1. The lowest BCUT2D eigenvalue weighted by Gasteiger charge is -2.32. The highest BCUT2D eigenvalue weighted by Gasteiger charge is 2.24. The normalized spacial score (nSPS) is 16.6. The zero-order valence-electron chi connectivity index (χ0n) is 16.4. The Morgan fingerprint density at radius 3 is 2.97 bits per heavy atom. The SMILES string of the molecule is O=C(c1cccc(NCc2cc(=O)n3cc(Cl)ccc3n2)c1)N1CCCC(CO)C1. The quantitative estimate of drug-likeness (QED) is 0.655. The number of nitrogens with one attached hydrogen (secondary N) is 1. The van der Waals surface area contributed by atoms with Crippen LogP contribution in [-0.4, -0.2) is 45.0 Å². The van der Waals surface area contributed by atoms with E-state index in [2.05, 4.69) is 10.3 Å². The summed E-state index contributed by atoms with van der Waals surface area (Å²) in [6, 6.07) is 12.2. The Hall–Kier alpha value is -2.90. The van der Waals surface area contributed by atoms with Gasteiger partial charge in [0.1, 0.15) is 5.65 Å². The van der Waals surface area contributed by atoms with Crippen molar-refractivity contribution in [3.05, 3.63) is 75.3 Å². The number of rotatable bonds is 5. The molecule has 1 amide bonds. The van der Waals surface area contributed by atoms with Crippen LogP contribution in [-0.2, 0) is 6.54 Å². The summed E-state index contributed by atoms with van der Waals surface area (Å²) in [6.07, 6.45) is 3.40. The van der Waals surface area contributed by atoms with Crippen molar-refractivity contribution in [1.82, 2.24) is 14.3 Å². The van der Waals surface area contributed by atoms with Crippen LogP contribution in [0.15, 0.2) is 53.5 Å². The van der Waals surface area contributed by atoms with Crippen molar-refractivity contribution in [2.24, 2.45) is 5.92 Å². The number of aliphatic hydroxyl groups is 1. The average Bonchev–Trinajstić information content (AvgIpc) is 2.78. The third-order valence-electron chi connectivity index (χ3n) is 5.32. The molecule has 8 heteroatoms. The van der Waals surface area contributed by atoms with E-state index >= 15 is 0 Å². The summed E-state index contributed by atoms with van der Waals surface area (Å²) < 4.78 is 1.41. The van der Waals surface area contributed by atoms with Gasteiger partial charge in [0.2, 0.25) is 0 Å². The number of aromatic nitrogens is 2. The molecule has 0 aliphatic carbocycles. The number of anilines is 1. The first-order valence-electron chi connectivity index (χ1n) is 9.95. The van der Waals surface area contributed by atoms with Crippen molar-refractivity contribution in [3.8, 4) is 0 Å². The first kappa shape index (κ1) is 20.4. The number of piperidine rings is 1. The second kappa shape index (κ2) is 8.85. The van der Waals surface area contributed by atoms with Crippen LogP contribution in [0.2, 0.25) is 5.02 Å². The molecule has 3 aromatic rings. The third kappa shape index (κ3) is 4.47. The van der Waals surface area contributed by atoms with Crippen LogP contribution in [0, 0.1) is 5.92 Å². The third-order valence-corrected chi connectivity index (χ3v) is 5.55. The van der Waals surface area contributed by atoms with Gasteiger partial charge in [0.15, 0.2) is 0 Å². The molecule has 2 aromatic heterocycles. The number of amides is 1. The lowest BCUT2D eigenvalue weighted by Crippen LogP contribution is -2.40. The molecule has 30 heavy (non-hydrogen) atoms. The Balaban J connectivity index is 1.47. The number of aliphatic hydroxyl groups excluding tert-OH is 1. The van der Waals surface area contributed by atoms with Crippen molar-refractivity contribution < 1.29 is 9.90 Å². The summed E-state index contributed by atoms with van der Waals surface area (Å²) in [5.41, 5.74) is 2.29. The highest BCUT2D eigenvalue weighted by Crippen LogP contribution is 2.20. The molecule has 1 atom stereocenters. The molecule has 7 nitrogen and oxygen atoms in total. The molecule has 1 saturated heterocycles. The van der Waals surface area contributed by atoms with Gasteiger partial charge in [0.25, 0.3) is 11.5 Å². The molecule has 1 aromatic carbocycles. The largest absolute Gasteiger partial charge is 0.396 e. The smallest absolute Gasteiger partial charge is 0.258 e. The van der Waals surface area contributed by atoms with Gasteiger partial charge < -0.3 is 15.3 Å². The Labute approximate surface area is 178 Å². The predicted molar refractivity (Wildman–Crippen MR) is 116 cm³/mol. The van der Waals surface area contributed by atoms with E-state index in [1.54, 1.807) is 35.4 Å². The van der Waals surface area contributed by atoms with Gasteiger partial charge in [-0.3, -0.25) is 14.0 Å². The van der Waals surface area contributed by atoms with Crippen molar-refractivity contribution in [2.75, 3.05) is 25.0 Å². The second-order valence-corrected chi connectivity index (χ2v) is 7.97. The highest BCUT2D eigenvalue weighted by atomic mass is 35.5. The number of halogens is 1. The number of pyridine rings is 1. The van der Waals surface area contributed by atoms with Crippen LogP contribution >= 0.6 is 11.6 Å². The Morgan fingerprint density at radius 1 is 1.27 bits per heavy atom. The molecule has 1 unspecified atom stereocenters. The van der Waals surface area contributed by atoms with Gasteiger partial charge in [-0.25, -0.2) is 4.98 Å². The van der Waals surface area contributed by atoms with E-state index in [1.807, 2.05) is 12.1 Å². The van der Waals surface area contributed by atoms with Gasteiger partial charge in [-0.2, -0.15) is 0 Å². The molecule has 0 spiro atoms.